The zero-order valence-corrected chi connectivity index (χ0v) is 12.4. The molecule has 0 amide bonds. The lowest BCUT2D eigenvalue weighted by atomic mass is 10.0. The van der Waals surface area contributed by atoms with Crippen molar-refractivity contribution in [2.24, 2.45) is 10.8 Å². The van der Waals surface area contributed by atoms with Crippen molar-refractivity contribution in [2.45, 2.75) is 26.3 Å². The number of nitrogens with zero attached hydrogens (tertiary/aromatic N) is 2. The number of ether oxygens (including phenoxy) is 2. The van der Waals surface area contributed by atoms with Crippen LogP contribution in [0, 0.1) is 0 Å². The largest absolute Gasteiger partial charge is 0.490 e. The standard InChI is InChI=1S/C15H23N3O2/c1-4-19-14-7-6-11(8-15(14)20-5-2)13-9-12(10-16)17-18(13)3/h6-8,13H,4-5,9-10,16H2,1-3H3. The second kappa shape index (κ2) is 6.61. The highest BCUT2D eigenvalue weighted by Gasteiger charge is 2.25. The summed E-state index contributed by atoms with van der Waals surface area (Å²) in [5, 5.41) is 6.42. The van der Waals surface area contributed by atoms with E-state index < -0.39 is 0 Å². The predicted octanol–water partition coefficient (Wildman–Crippen LogP) is 2.18. The molecule has 20 heavy (non-hydrogen) atoms. The maximum Gasteiger partial charge on any atom is 0.161 e. The van der Waals surface area contributed by atoms with Gasteiger partial charge in [-0.3, -0.25) is 5.01 Å². The summed E-state index contributed by atoms with van der Waals surface area (Å²) in [5.74, 6) is 1.58. The lowest BCUT2D eigenvalue weighted by Crippen LogP contribution is -2.15. The van der Waals surface area contributed by atoms with Gasteiger partial charge in [-0.1, -0.05) is 6.07 Å². The van der Waals surface area contributed by atoms with Crippen molar-refractivity contribution < 1.29 is 9.47 Å². The number of hydrazone groups is 1. The molecule has 0 saturated heterocycles. The summed E-state index contributed by atoms with van der Waals surface area (Å²) in [6.45, 7) is 5.70. The van der Waals surface area contributed by atoms with Crippen molar-refractivity contribution in [2.75, 3.05) is 26.8 Å². The van der Waals surface area contributed by atoms with Crippen LogP contribution in [-0.2, 0) is 0 Å². The first-order valence-electron chi connectivity index (χ1n) is 7.08. The maximum absolute atomic E-state index is 5.68. The molecular formula is C15H23N3O2. The number of nitrogens with two attached hydrogens (primary N) is 1. The van der Waals surface area contributed by atoms with Crippen molar-refractivity contribution in [3.63, 3.8) is 0 Å². The van der Waals surface area contributed by atoms with Gasteiger partial charge in [0.2, 0.25) is 0 Å². The zero-order chi connectivity index (χ0) is 14.5. The fourth-order valence-corrected chi connectivity index (χ4v) is 2.42. The van der Waals surface area contributed by atoms with E-state index in [2.05, 4.69) is 11.2 Å². The second-order valence-electron chi connectivity index (χ2n) is 4.74. The van der Waals surface area contributed by atoms with Crippen LogP contribution in [0.4, 0.5) is 0 Å². The van der Waals surface area contributed by atoms with E-state index in [4.69, 9.17) is 15.2 Å². The molecule has 5 heteroatoms. The van der Waals surface area contributed by atoms with Gasteiger partial charge in [0.15, 0.2) is 11.5 Å². The van der Waals surface area contributed by atoms with E-state index >= 15 is 0 Å². The first-order chi connectivity index (χ1) is 9.69. The minimum Gasteiger partial charge on any atom is -0.490 e. The van der Waals surface area contributed by atoms with Crippen LogP contribution >= 0.6 is 0 Å². The van der Waals surface area contributed by atoms with E-state index in [9.17, 15) is 0 Å². The van der Waals surface area contributed by atoms with Crippen LogP contribution in [0.1, 0.15) is 31.9 Å². The Hall–Kier alpha value is -1.75. The molecule has 0 aliphatic carbocycles. The van der Waals surface area contributed by atoms with Gasteiger partial charge in [-0.25, -0.2) is 0 Å². The van der Waals surface area contributed by atoms with Crippen molar-refractivity contribution >= 4 is 5.71 Å². The van der Waals surface area contributed by atoms with Gasteiger partial charge in [0.25, 0.3) is 0 Å². The molecule has 0 spiro atoms. The summed E-state index contributed by atoms with van der Waals surface area (Å²) in [5.41, 5.74) is 7.88. The van der Waals surface area contributed by atoms with Crippen LogP contribution in [0.5, 0.6) is 11.5 Å². The molecule has 110 valence electrons. The van der Waals surface area contributed by atoms with Crippen LogP contribution in [-0.4, -0.2) is 37.5 Å². The third-order valence-electron chi connectivity index (χ3n) is 3.37. The molecule has 2 N–H and O–H groups in total. The molecule has 1 unspecified atom stereocenters. The zero-order valence-electron chi connectivity index (χ0n) is 12.4. The van der Waals surface area contributed by atoms with Crippen LogP contribution in [0.15, 0.2) is 23.3 Å². The van der Waals surface area contributed by atoms with E-state index in [0.29, 0.717) is 19.8 Å². The smallest absolute Gasteiger partial charge is 0.161 e. The van der Waals surface area contributed by atoms with Crippen LogP contribution in [0.25, 0.3) is 0 Å². The molecule has 1 heterocycles. The van der Waals surface area contributed by atoms with Crippen molar-refractivity contribution in [1.82, 2.24) is 5.01 Å². The van der Waals surface area contributed by atoms with Crippen LogP contribution < -0.4 is 15.2 Å². The Morgan fingerprint density at radius 3 is 2.55 bits per heavy atom. The van der Waals surface area contributed by atoms with E-state index in [1.807, 2.05) is 38.0 Å². The summed E-state index contributed by atoms with van der Waals surface area (Å²) in [6, 6.07) is 6.32. The number of hydrogen-bond acceptors (Lipinski definition) is 5. The topological polar surface area (TPSA) is 60.1 Å². The van der Waals surface area contributed by atoms with Gasteiger partial charge in [-0.2, -0.15) is 5.10 Å². The molecule has 0 fully saturated rings. The van der Waals surface area contributed by atoms with Crippen LogP contribution in [0.2, 0.25) is 0 Å². The highest BCUT2D eigenvalue weighted by Crippen LogP contribution is 2.35. The van der Waals surface area contributed by atoms with Gasteiger partial charge in [-0.05, 0) is 31.5 Å². The minimum atomic E-state index is 0.225. The van der Waals surface area contributed by atoms with Gasteiger partial charge >= 0.3 is 0 Å². The van der Waals surface area contributed by atoms with Crippen molar-refractivity contribution in [3.8, 4) is 11.5 Å². The average molecular weight is 277 g/mol. The molecule has 0 radical (unpaired) electrons. The third kappa shape index (κ3) is 3.04. The quantitative estimate of drug-likeness (QED) is 0.865. The second-order valence-corrected chi connectivity index (χ2v) is 4.74. The number of rotatable bonds is 6. The highest BCUT2D eigenvalue weighted by atomic mass is 16.5. The molecule has 5 nitrogen and oxygen atoms in total. The summed E-state index contributed by atoms with van der Waals surface area (Å²) in [4.78, 5) is 0. The Balaban J connectivity index is 2.23. The Bertz CT molecular complexity index is 488. The molecule has 2 rings (SSSR count). The third-order valence-corrected chi connectivity index (χ3v) is 3.37. The first kappa shape index (κ1) is 14.7. The van der Waals surface area contributed by atoms with E-state index in [1.165, 1.54) is 5.56 Å². The molecule has 0 bridgehead atoms. The Morgan fingerprint density at radius 1 is 1.25 bits per heavy atom. The molecule has 0 saturated carbocycles. The molecular weight excluding hydrogens is 254 g/mol. The summed E-state index contributed by atoms with van der Waals surface area (Å²) >= 11 is 0. The monoisotopic (exact) mass is 277 g/mol. The Morgan fingerprint density at radius 2 is 1.95 bits per heavy atom. The Labute approximate surface area is 120 Å². The fourth-order valence-electron chi connectivity index (χ4n) is 2.42. The molecule has 1 aliphatic rings. The lowest BCUT2D eigenvalue weighted by Gasteiger charge is -2.21. The number of benzene rings is 1. The summed E-state index contributed by atoms with van der Waals surface area (Å²) in [7, 11) is 1.98. The average Bonchev–Trinajstić information content (AvgIpc) is 2.82. The molecule has 1 aromatic carbocycles. The minimum absolute atomic E-state index is 0.225. The maximum atomic E-state index is 5.68. The highest BCUT2D eigenvalue weighted by molar-refractivity contribution is 5.88. The van der Waals surface area contributed by atoms with Gasteiger partial charge < -0.3 is 15.2 Å². The van der Waals surface area contributed by atoms with Gasteiger partial charge in [0.05, 0.1) is 25.0 Å². The Kier molecular flexibility index (Phi) is 4.84. The van der Waals surface area contributed by atoms with Gasteiger partial charge in [0, 0.05) is 20.0 Å². The molecule has 1 atom stereocenters. The fraction of sp³-hybridized carbons (Fsp3) is 0.533. The normalized spacial score (nSPS) is 18.1. The van der Waals surface area contributed by atoms with E-state index in [-0.39, 0.29) is 6.04 Å². The summed E-state index contributed by atoms with van der Waals surface area (Å²) < 4.78 is 11.3. The van der Waals surface area contributed by atoms with Crippen molar-refractivity contribution in [1.29, 1.82) is 0 Å². The molecule has 0 aromatic heterocycles. The molecule has 1 aliphatic heterocycles. The lowest BCUT2D eigenvalue weighted by molar-refractivity contribution is 0.277. The van der Waals surface area contributed by atoms with Crippen LogP contribution in [0.3, 0.4) is 0 Å². The summed E-state index contributed by atoms with van der Waals surface area (Å²) in [6.07, 6.45) is 0.868. The van der Waals surface area contributed by atoms with Crippen molar-refractivity contribution in [3.05, 3.63) is 23.8 Å². The van der Waals surface area contributed by atoms with E-state index in [1.54, 1.807) is 0 Å². The SMILES string of the molecule is CCOc1ccc(C2CC(CN)=NN2C)cc1OCC. The molecule has 1 aromatic rings. The van der Waals surface area contributed by atoms with E-state index in [0.717, 1.165) is 23.6 Å². The first-order valence-corrected chi connectivity index (χ1v) is 7.08. The van der Waals surface area contributed by atoms with Gasteiger partial charge in [-0.15, -0.1) is 0 Å². The predicted molar refractivity (Wildman–Crippen MR) is 80.4 cm³/mol. The number of hydrogen-bond donors (Lipinski definition) is 1. The van der Waals surface area contributed by atoms with Gasteiger partial charge in [0.1, 0.15) is 0 Å².